The fourth-order valence-corrected chi connectivity index (χ4v) is 4.56. The summed E-state index contributed by atoms with van der Waals surface area (Å²) in [5.74, 6) is 1.98. The molecule has 3 rings (SSSR count). The van der Waals surface area contributed by atoms with Gasteiger partial charge in [0.25, 0.3) is 0 Å². The number of methoxy groups -OCH3 is 1. The summed E-state index contributed by atoms with van der Waals surface area (Å²) in [6, 6.07) is 8.46. The molecule has 0 aliphatic carbocycles. The van der Waals surface area contributed by atoms with Gasteiger partial charge in [0, 0.05) is 10.1 Å². The standard InChI is InChI=1S/C19H24O2S/c1-18(2,3)17-16(21-11-19(17,4)5)15-10-12-9-13(20-6)7-8-14(12)22-15/h7-10H,11H2,1-6H3. The van der Waals surface area contributed by atoms with Crippen molar-refractivity contribution in [3.05, 3.63) is 34.7 Å². The molecule has 1 aromatic heterocycles. The first-order chi connectivity index (χ1) is 10.2. The normalized spacial score (nSPS) is 17.9. The summed E-state index contributed by atoms with van der Waals surface area (Å²) in [4.78, 5) is 1.22. The first kappa shape index (κ1) is 15.4. The Hall–Kier alpha value is -1.48. The van der Waals surface area contributed by atoms with Crippen LogP contribution in [0, 0.1) is 10.8 Å². The predicted molar refractivity (Wildman–Crippen MR) is 94.5 cm³/mol. The van der Waals surface area contributed by atoms with E-state index in [9.17, 15) is 0 Å². The lowest BCUT2D eigenvalue weighted by molar-refractivity contribution is 0.214. The molecule has 3 heteroatoms. The highest BCUT2D eigenvalue weighted by Crippen LogP contribution is 2.51. The zero-order valence-electron chi connectivity index (χ0n) is 14.2. The monoisotopic (exact) mass is 316 g/mol. The SMILES string of the molecule is COc1ccc2sc(C3=C(C(C)(C)C)C(C)(C)CO3)cc2c1. The first-order valence-electron chi connectivity index (χ1n) is 7.68. The maximum Gasteiger partial charge on any atom is 0.136 e. The Labute approximate surface area is 136 Å². The van der Waals surface area contributed by atoms with Crippen LogP contribution in [0.2, 0.25) is 0 Å². The first-order valence-corrected chi connectivity index (χ1v) is 8.50. The summed E-state index contributed by atoms with van der Waals surface area (Å²) in [6.07, 6.45) is 0. The quantitative estimate of drug-likeness (QED) is 0.705. The minimum Gasteiger partial charge on any atom is -0.497 e. The molecule has 118 valence electrons. The van der Waals surface area contributed by atoms with Crippen LogP contribution >= 0.6 is 11.3 Å². The van der Waals surface area contributed by atoms with Crippen LogP contribution in [0.1, 0.15) is 39.5 Å². The van der Waals surface area contributed by atoms with Crippen LogP contribution < -0.4 is 4.74 Å². The maximum absolute atomic E-state index is 6.14. The molecule has 0 radical (unpaired) electrons. The lowest BCUT2D eigenvalue weighted by atomic mass is 9.72. The van der Waals surface area contributed by atoms with Crippen LogP contribution in [0.3, 0.4) is 0 Å². The highest BCUT2D eigenvalue weighted by molar-refractivity contribution is 7.20. The summed E-state index contributed by atoms with van der Waals surface area (Å²) in [5.41, 5.74) is 1.60. The van der Waals surface area contributed by atoms with Gasteiger partial charge in [0.15, 0.2) is 0 Å². The maximum atomic E-state index is 6.14. The summed E-state index contributed by atoms with van der Waals surface area (Å²) in [6.45, 7) is 12.1. The number of rotatable bonds is 2. The Bertz CT molecular complexity index is 744. The third-order valence-corrected chi connectivity index (χ3v) is 5.29. The fraction of sp³-hybridized carbons (Fsp3) is 0.474. The molecule has 0 spiro atoms. The van der Waals surface area contributed by atoms with Crippen molar-refractivity contribution in [3.8, 4) is 5.75 Å². The van der Waals surface area contributed by atoms with Crippen molar-refractivity contribution in [2.45, 2.75) is 34.6 Å². The number of thiophene rings is 1. The van der Waals surface area contributed by atoms with Gasteiger partial charge >= 0.3 is 0 Å². The van der Waals surface area contributed by atoms with Crippen molar-refractivity contribution < 1.29 is 9.47 Å². The minimum atomic E-state index is 0.0848. The van der Waals surface area contributed by atoms with Crippen LogP contribution in [-0.4, -0.2) is 13.7 Å². The molecule has 1 aliphatic rings. The van der Waals surface area contributed by atoms with E-state index in [-0.39, 0.29) is 10.8 Å². The minimum absolute atomic E-state index is 0.0848. The van der Waals surface area contributed by atoms with Gasteiger partial charge in [0.1, 0.15) is 11.5 Å². The van der Waals surface area contributed by atoms with E-state index in [2.05, 4.69) is 52.8 Å². The lowest BCUT2D eigenvalue weighted by Gasteiger charge is -2.30. The second kappa shape index (κ2) is 5.02. The lowest BCUT2D eigenvalue weighted by Crippen LogP contribution is -2.24. The molecule has 2 heterocycles. The molecule has 0 amide bonds. The molecule has 2 aromatic rings. The second-order valence-electron chi connectivity index (χ2n) is 7.64. The Morgan fingerprint density at radius 2 is 1.91 bits per heavy atom. The number of fused-ring (bicyclic) bond motifs is 1. The molecule has 0 atom stereocenters. The zero-order valence-corrected chi connectivity index (χ0v) is 15.1. The van der Waals surface area contributed by atoms with E-state index < -0.39 is 0 Å². The molecule has 0 saturated carbocycles. The van der Waals surface area contributed by atoms with E-state index >= 15 is 0 Å². The summed E-state index contributed by atoms with van der Waals surface area (Å²) in [5, 5.41) is 1.22. The van der Waals surface area contributed by atoms with Gasteiger partial charge in [-0.05, 0) is 40.6 Å². The molecule has 0 N–H and O–H groups in total. The Morgan fingerprint density at radius 1 is 1.18 bits per heavy atom. The number of hydrogen-bond donors (Lipinski definition) is 0. The summed E-state index contributed by atoms with van der Waals surface area (Å²) >= 11 is 1.80. The predicted octanol–water partition coefficient (Wildman–Crippen LogP) is 5.72. The molecule has 22 heavy (non-hydrogen) atoms. The molecule has 0 bridgehead atoms. The van der Waals surface area contributed by atoms with Gasteiger partial charge in [-0.1, -0.05) is 34.6 Å². The third kappa shape index (κ3) is 2.52. The number of hydrogen-bond acceptors (Lipinski definition) is 3. The summed E-state index contributed by atoms with van der Waals surface area (Å²) < 4.78 is 12.7. The Kier molecular flexibility index (Phi) is 3.52. The number of ether oxygens (including phenoxy) is 2. The second-order valence-corrected chi connectivity index (χ2v) is 8.72. The van der Waals surface area contributed by atoms with Gasteiger partial charge < -0.3 is 9.47 Å². The van der Waals surface area contributed by atoms with Crippen molar-refractivity contribution in [1.82, 2.24) is 0 Å². The molecular formula is C19H24O2S. The van der Waals surface area contributed by atoms with E-state index in [4.69, 9.17) is 9.47 Å². The van der Waals surface area contributed by atoms with Crippen molar-refractivity contribution >= 4 is 27.2 Å². The van der Waals surface area contributed by atoms with Crippen LogP contribution in [0.5, 0.6) is 5.75 Å². The average Bonchev–Trinajstić information content (AvgIpc) is 2.96. The molecule has 2 nitrogen and oxygen atoms in total. The van der Waals surface area contributed by atoms with Crippen LogP contribution in [0.15, 0.2) is 29.8 Å². The smallest absolute Gasteiger partial charge is 0.136 e. The molecule has 1 aliphatic heterocycles. The molecule has 0 unspecified atom stereocenters. The zero-order chi connectivity index (χ0) is 16.1. The highest BCUT2D eigenvalue weighted by atomic mass is 32.1. The van der Waals surface area contributed by atoms with Gasteiger partial charge in [-0.25, -0.2) is 0 Å². The van der Waals surface area contributed by atoms with Gasteiger partial charge in [-0.3, -0.25) is 0 Å². The average molecular weight is 316 g/mol. The molecule has 0 fully saturated rings. The van der Waals surface area contributed by atoms with Crippen LogP contribution in [-0.2, 0) is 4.74 Å². The van der Waals surface area contributed by atoms with Crippen molar-refractivity contribution in [1.29, 1.82) is 0 Å². The summed E-state index contributed by atoms with van der Waals surface area (Å²) in [7, 11) is 1.71. The molecular weight excluding hydrogens is 292 g/mol. The largest absolute Gasteiger partial charge is 0.497 e. The molecule has 0 saturated heterocycles. The van der Waals surface area contributed by atoms with Crippen molar-refractivity contribution in [2.75, 3.05) is 13.7 Å². The van der Waals surface area contributed by atoms with E-state index in [1.54, 1.807) is 18.4 Å². The Balaban J connectivity index is 2.17. The van der Waals surface area contributed by atoms with Gasteiger partial charge in [-0.2, -0.15) is 0 Å². The van der Waals surface area contributed by atoms with Gasteiger partial charge in [0.2, 0.25) is 0 Å². The number of benzene rings is 1. The highest BCUT2D eigenvalue weighted by Gasteiger charge is 2.41. The van der Waals surface area contributed by atoms with E-state index in [0.29, 0.717) is 0 Å². The fourth-order valence-electron chi connectivity index (χ4n) is 3.51. The van der Waals surface area contributed by atoms with E-state index in [1.807, 2.05) is 6.07 Å². The van der Waals surface area contributed by atoms with Crippen molar-refractivity contribution in [3.63, 3.8) is 0 Å². The topological polar surface area (TPSA) is 18.5 Å². The van der Waals surface area contributed by atoms with Crippen LogP contribution in [0.25, 0.3) is 15.8 Å². The van der Waals surface area contributed by atoms with Crippen molar-refractivity contribution in [2.24, 2.45) is 10.8 Å². The van der Waals surface area contributed by atoms with E-state index in [1.165, 1.54) is 20.5 Å². The van der Waals surface area contributed by atoms with Gasteiger partial charge in [-0.15, -0.1) is 11.3 Å². The van der Waals surface area contributed by atoms with Gasteiger partial charge in [0.05, 0.1) is 18.6 Å². The van der Waals surface area contributed by atoms with Crippen LogP contribution in [0.4, 0.5) is 0 Å². The van der Waals surface area contributed by atoms with E-state index in [0.717, 1.165) is 18.1 Å². The Morgan fingerprint density at radius 3 is 2.55 bits per heavy atom. The third-order valence-electron chi connectivity index (χ3n) is 4.18. The molecule has 1 aromatic carbocycles.